The summed E-state index contributed by atoms with van der Waals surface area (Å²) >= 11 is 0. The molecule has 188 valence electrons. The highest BCUT2D eigenvalue weighted by Crippen LogP contribution is 2.34. The normalized spacial score (nSPS) is 14.9. The fourth-order valence-corrected chi connectivity index (χ4v) is 5.90. The van der Waals surface area contributed by atoms with Gasteiger partial charge in [0, 0.05) is 20.4 Å². The van der Waals surface area contributed by atoms with Gasteiger partial charge in [-0.1, -0.05) is 44.5 Å². The van der Waals surface area contributed by atoms with Gasteiger partial charge in [-0.2, -0.15) is 0 Å². The molecule has 9 heteroatoms. The third-order valence-corrected chi connectivity index (χ3v) is 7.76. The molecule has 0 saturated carbocycles. The molecule has 1 aromatic carbocycles. The van der Waals surface area contributed by atoms with Crippen molar-refractivity contribution in [1.82, 2.24) is 10.9 Å². The molecule has 0 aliphatic rings. The van der Waals surface area contributed by atoms with Crippen LogP contribution < -0.4 is 10.9 Å². The smallest absolute Gasteiger partial charge is 0.302 e. The van der Waals surface area contributed by atoms with Gasteiger partial charge in [0.15, 0.2) is 9.84 Å². The molecular weight excluding hydrogens is 444 g/mol. The molecule has 0 spiro atoms. The zero-order valence-electron chi connectivity index (χ0n) is 20.7. The number of hydrogen-bond acceptors (Lipinski definition) is 7. The van der Waals surface area contributed by atoms with Gasteiger partial charge in [0.25, 0.3) is 0 Å². The fraction of sp³-hybridized carbons (Fsp3) is 0.667. The Morgan fingerprint density at radius 2 is 1.85 bits per heavy atom. The number of carbonyl (C=O) groups is 2. The van der Waals surface area contributed by atoms with E-state index in [1.54, 1.807) is 7.05 Å². The van der Waals surface area contributed by atoms with E-state index >= 15 is 0 Å². The lowest BCUT2D eigenvalue weighted by Crippen LogP contribution is -2.47. The SMILES string of the molecule is CNNC(=O)[C@](C)(CCCC(C)(C)CS(=O)(=O)CCO)c1cccc(C[C@@H](C)OC(C)=O)c1. The molecule has 1 amide bonds. The first kappa shape index (κ1) is 29.1. The van der Waals surface area contributed by atoms with E-state index in [-0.39, 0.29) is 36.1 Å². The molecule has 33 heavy (non-hydrogen) atoms. The van der Waals surface area contributed by atoms with Crippen LogP contribution in [-0.4, -0.2) is 56.7 Å². The number of sulfone groups is 1. The minimum Gasteiger partial charge on any atom is -0.463 e. The van der Waals surface area contributed by atoms with Crippen LogP contribution in [0.5, 0.6) is 0 Å². The highest BCUT2D eigenvalue weighted by molar-refractivity contribution is 7.91. The predicted molar refractivity (Wildman–Crippen MR) is 129 cm³/mol. The minimum atomic E-state index is -3.33. The Hall–Kier alpha value is -1.97. The van der Waals surface area contributed by atoms with Crippen LogP contribution in [-0.2, 0) is 36.0 Å². The summed E-state index contributed by atoms with van der Waals surface area (Å²) in [6.07, 6.45) is 2.03. The Bertz CT molecular complexity index is 900. The lowest BCUT2D eigenvalue weighted by Gasteiger charge is -2.31. The van der Waals surface area contributed by atoms with Gasteiger partial charge in [0.1, 0.15) is 6.10 Å². The highest BCUT2D eigenvalue weighted by atomic mass is 32.2. The number of hydrazine groups is 1. The zero-order valence-corrected chi connectivity index (χ0v) is 21.5. The molecule has 0 aromatic heterocycles. The minimum absolute atomic E-state index is 0.0104. The maximum Gasteiger partial charge on any atom is 0.302 e. The summed E-state index contributed by atoms with van der Waals surface area (Å²) in [5.74, 6) is -0.762. The average Bonchev–Trinajstić information content (AvgIpc) is 2.66. The number of ether oxygens (including phenoxy) is 1. The highest BCUT2D eigenvalue weighted by Gasteiger charge is 2.36. The standard InChI is InChI=1S/C24H40N2O6S/c1-18(32-19(2)28)15-20-9-7-10-21(16-20)24(5,22(29)26-25-6)12-8-11-23(3,4)17-33(30,31)14-13-27/h7,9-10,16,18,25,27H,8,11-15,17H2,1-6H3,(H,26,29)/t18-,24-/m1/s1. The zero-order chi connectivity index (χ0) is 25.3. The number of rotatable bonds is 14. The van der Waals surface area contributed by atoms with Crippen LogP contribution in [0.1, 0.15) is 65.0 Å². The largest absolute Gasteiger partial charge is 0.463 e. The van der Waals surface area contributed by atoms with Crippen LogP contribution >= 0.6 is 0 Å². The van der Waals surface area contributed by atoms with Gasteiger partial charge >= 0.3 is 5.97 Å². The van der Waals surface area contributed by atoms with Crippen molar-refractivity contribution < 1.29 is 27.9 Å². The van der Waals surface area contributed by atoms with Crippen molar-refractivity contribution in [2.24, 2.45) is 5.41 Å². The number of hydrogen-bond donors (Lipinski definition) is 3. The number of nitrogens with one attached hydrogen (secondary N) is 2. The maximum absolute atomic E-state index is 13.0. The Balaban J connectivity index is 3.04. The fourth-order valence-electron chi connectivity index (χ4n) is 4.14. The van der Waals surface area contributed by atoms with E-state index in [0.29, 0.717) is 25.7 Å². The van der Waals surface area contributed by atoms with Crippen LogP contribution in [0.4, 0.5) is 0 Å². The monoisotopic (exact) mass is 484 g/mol. The van der Waals surface area contributed by atoms with Crippen molar-refractivity contribution in [3.8, 4) is 0 Å². The van der Waals surface area contributed by atoms with Gasteiger partial charge in [0.05, 0.1) is 23.5 Å². The van der Waals surface area contributed by atoms with E-state index < -0.39 is 20.7 Å². The molecular formula is C24H40N2O6S. The van der Waals surface area contributed by atoms with E-state index in [9.17, 15) is 18.0 Å². The van der Waals surface area contributed by atoms with Gasteiger partial charge in [-0.3, -0.25) is 15.0 Å². The Kier molecular flexibility index (Phi) is 11.0. The van der Waals surface area contributed by atoms with Gasteiger partial charge in [-0.15, -0.1) is 0 Å². The summed E-state index contributed by atoms with van der Waals surface area (Å²) in [5.41, 5.74) is 5.87. The lowest BCUT2D eigenvalue weighted by atomic mass is 9.75. The van der Waals surface area contributed by atoms with Gasteiger partial charge < -0.3 is 9.84 Å². The predicted octanol–water partition coefficient (Wildman–Crippen LogP) is 2.29. The summed E-state index contributed by atoms with van der Waals surface area (Å²) < 4.78 is 29.5. The van der Waals surface area contributed by atoms with E-state index in [4.69, 9.17) is 9.84 Å². The molecule has 0 unspecified atom stereocenters. The van der Waals surface area contributed by atoms with Crippen LogP contribution in [0.3, 0.4) is 0 Å². The van der Waals surface area contributed by atoms with E-state index in [2.05, 4.69) is 10.9 Å². The maximum atomic E-state index is 13.0. The second-order valence-corrected chi connectivity index (χ2v) is 11.9. The van der Waals surface area contributed by atoms with Crippen molar-refractivity contribution >= 4 is 21.7 Å². The van der Waals surface area contributed by atoms with Crippen LogP contribution in [0, 0.1) is 5.41 Å². The number of aliphatic hydroxyl groups excluding tert-OH is 1. The molecule has 0 fully saturated rings. The van der Waals surface area contributed by atoms with Crippen LogP contribution in [0.25, 0.3) is 0 Å². The van der Waals surface area contributed by atoms with Crippen LogP contribution in [0.2, 0.25) is 0 Å². The number of benzene rings is 1. The molecule has 3 N–H and O–H groups in total. The summed E-state index contributed by atoms with van der Waals surface area (Å²) in [4.78, 5) is 24.3. The molecule has 2 atom stereocenters. The lowest BCUT2D eigenvalue weighted by molar-refractivity contribution is -0.145. The molecule has 1 aromatic rings. The number of aliphatic hydroxyl groups is 1. The van der Waals surface area contributed by atoms with Crippen molar-refractivity contribution in [2.75, 3.05) is 25.2 Å². The average molecular weight is 485 g/mol. The Labute approximate surface area is 198 Å². The van der Waals surface area contributed by atoms with Gasteiger partial charge in [-0.05, 0) is 43.2 Å². The molecule has 0 radical (unpaired) electrons. The third-order valence-electron chi connectivity index (χ3n) is 5.74. The number of amides is 1. The molecule has 0 saturated heterocycles. The third kappa shape index (κ3) is 9.81. The first-order valence-electron chi connectivity index (χ1n) is 11.3. The van der Waals surface area contributed by atoms with E-state index in [0.717, 1.165) is 11.1 Å². The second kappa shape index (κ2) is 12.5. The Morgan fingerprint density at radius 3 is 2.42 bits per heavy atom. The van der Waals surface area contributed by atoms with Crippen molar-refractivity contribution in [3.63, 3.8) is 0 Å². The molecule has 0 bridgehead atoms. The Morgan fingerprint density at radius 1 is 1.18 bits per heavy atom. The first-order valence-corrected chi connectivity index (χ1v) is 13.1. The van der Waals surface area contributed by atoms with Crippen molar-refractivity contribution in [2.45, 2.75) is 71.8 Å². The quantitative estimate of drug-likeness (QED) is 0.274. The molecule has 1 rings (SSSR count). The van der Waals surface area contributed by atoms with E-state index in [1.165, 1.54) is 6.92 Å². The van der Waals surface area contributed by atoms with Crippen LogP contribution in [0.15, 0.2) is 24.3 Å². The summed E-state index contributed by atoms with van der Waals surface area (Å²) in [5, 5.41) is 8.98. The van der Waals surface area contributed by atoms with Gasteiger partial charge in [-0.25, -0.2) is 13.8 Å². The number of carbonyl (C=O) groups excluding carboxylic acids is 2. The summed E-state index contributed by atoms with van der Waals surface area (Å²) in [7, 11) is -1.70. The summed E-state index contributed by atoms with van der Waals surface area (Å²) in [6.45, 7) is 8.49. The molecule has 0 aliphatic carbocycles. The number of esters is 1. The first-order chi connectivity index (χ1) is 15.2. The topological polar surface area (TPSA) is 122 Å². The molecule has 0 heterocycles. The summed E-state index contributed by atoms with van der Waals surface area (Å²) in [6, 6.07) is 7.70. The van der Waals surface area contributed by atoms with E-state index in [1.807, 2.05) is 52.0 Å². The molecule has 8 nitrogen and oxygen atoms in total. The van der Waals surface area contributed by atoms with Gasteiger partial charge in [0.2, 0.25) is 5.91 Å². The van der Waals surface area contributed by atoms with Crippen molar-refractivity contribution in [1.29, 1.82) is 0 Å². The molecule has 0 aliphatic heterocycles. The van der Waals surface area contributed by atoms with Crippen molar-refractivity contribution in [3.05, 3.63) is 35.4 Å². The second-order valence-electron chi connectivity index (χ2n) is 9.69.